The number of hydrogen-bond donors (Lipinski definition) is 1. The summed E-state index contributed by atoms with van der Waals surface area (Å²) in [4.78, 5) is 8.09. The summed E-state index contributed by atoms with van der Waals surface area (Å²) in [6, 6.07) is 0.444. The average Bonchev–Trinajstić information content (AvgIpc) is 2.17. The number of nitrogens with zero attached hydrogens (tertiary/aromatic N) is 2. The van der Waals surface area contributed by atoms with Gasteiger partial charge >= 0.3 is 6.01 Å². The van der Waals surface area contributed by atoms with Crippen LogP contribution in [0.3, 0.4) is 0 Å². The molecule has 0 spiro atoms. The van der Waals surface area contributed by atoms with E-state index in [9.17, 15) is 0 Å². The monoisotopic (exact) mass is 181 g/mol. The lowest BCUT2D eigenvalue weighted by molar-refractivity contribution is 0.312. The highest BCUT2D eigenvalue weighted by Crippen LogP contribution is 2.04. The average molecular weight is 181 g/mol. The van der Waals surface area contributed by atoms with E-state index >= 15 is 0 Å². The third-order valence-electron chi connectivity index (χ3n) is 1.62. The molecule has 0 saturated carbocycles. The molecule has 1 heterocycles. The molecule has 4 nitrogen and oxygen atoms in total. The zero-order valence-electron chi connectivity index (χ0n) is 7.86. The molecule has 0 amide bonds. The molecule has 1 aromatic heterocycles. The van der Waals surface area contributed by atoms with E-state index in [1.807, 2.05) is 6.92 Å². The number of hydrogen-bond acceptors (Lipinski definition) is 4. The maximum Gasteiger partial charge on any atom is 0.316 e. The fourth-order valence-corrected chi connectivity index (χ4v) is 0.982. The van der Waals surface area contributed by atoms with E-state index in [2.05, 4.69) is 9.97 Å². The van der Waals surface area contributed by atoms with Crippen molar-refractivity contribution in [3.63, 3.8) is 0 Å². The molecule has 0 saturated heterocycles. The van der Waals surface area contributed by atoms with Crippen LogP contribution in [0.15, 0.2) is 12.4 Å². The minimum atomic E-state index is 0.444. The van der Waals surface area contributed by atoms with Crippen molar-refractivity contribution in [2.75, 3.05) is 13.2 Å². The van der Waals surface area contributed by atoms with E-state index in [4.69, 9.17) is 10.5 Å². The van der Waals surface area contributed by atoms with Gasteiger partial charge < -0.3 is 10.5 Å². The van der Waals surface area contributed by atoms with E-state index in [1.165, 1.54) is 0 Å². The number of aromatic nitrogens is 2. The highest BCUT2D eigenvalue weighted by atomic mass is 16.5. The summed E-state index contributed by atoms with van der Waals surface area (Å²) in [5, 5.41) is 0. The maximum absolute atomic E-state index is 5.39. The van der Waals surface area contributed by atoms with Crippen molar-refractivity contribution < 1.29 is 4.74 Å². The second-order valence-electron chi connectivity index (χ2n) is 2.70. The van der Waals surface area contributed by atoms with Gasteiger partial charge in [0.25, 0.3) is 0 Å². The third kappa shape index (κ3) is 3.38. The second-order valence-corrected chi connectivity index (χ2v) is 2.70. The predicted octanol–water partition coefficient (Wildman–Crippen LogP) is 0.767. The van der Waals surface area contributed by atoms with Crippen molar-refractivity contribution in [3.8, 4) is 6.01 Å². The minimum Gasteiger partial charge on any atom is -0.464 e. The van der Waals surface area contributed by atoms with Crippen molar-refractivity contribution in [1.29, 1.82) is 0 Å². The normalized spacial score (nSPS) is 10.0. The lowest BCUT2D eigenvalue weighted by atomic mass is 10.2. The van der Waals surface area contributed by atoms with Crippen LogP contribution in [-0.2, 0) is 6.42 Å². The molecule has 13 heavy (non-hydrogen) atoms. The molecule has 2 N–H and O–H groups in total. The largest absolute Gasteiger partial charge is 0.464 e. The molecule has 0 aliphatic carbocycles. The van der Waals surface area contributed by atoms with Gasteiger partial charge in [-0.05, 0) is 31.9 Å². The van der Waals surface area contributed by atoms with Gasteiger partial charge in [-0.2, -0.15) is 0 Å². The van der Waals surface area contributed by atoms with Crippen LogP contribution >= 0.6 is 0 Å². The highest BCUT2D eigenvalue weighted by Gasteiger charge is 1.96. The Balaban J connectivity index is 2.48. The molecular weight excluding hydrogens is 166 g/mol. The molecule has 0 radical (unpaired) electrons. The Hall–Kier alpha value is -1.16. The molecule has 0 aliphatic rings. The van der Waals surface area contributed by atoms with Gasteiger partial charge in [0.05, 0.1) is 6.61 Å². The summed E-state index contributed by atoms with van der Waals surface area (Å²) in [5.41, 5.74) is 6.49. The molecule has 0 aliphatic heterocycles. The first-order chi connectivity index (χ1) is 6.36. The van der Waals surface area contributed by atoms with E-state index in [0.29, 0.717) is 19.2 Å². The number of ether oxygens (including phenoxy) is 1. The second kappa shape index (κ2) is 5.48. The summed E-state index contributed by atoms with van der Waals surface area (Å²) in [6.45, 7) is 3.21. The fourth-order valence-electron chi connectivity index (χ4n) is 0.982. The quantitative estimate of drug-likeness (QED) is 0.728. The van der Waals surface area contributed by atoms with Gasteiger partial charge in [0.15, 0.2) is 0 Å². The van der Waals surface area contributed by atoms with Crippen LogP contribution < -0.4 is 10.5 Å². The molecule has 0 atom stereocenters. The van der Waals surface area contributed by atoms with Crippen molar-refractivity contribution in [2.24, 2.45) is 5.73 Å². The van der Waals surface area contributed by atoms with Crippen molar-refractivity contribution >= 4 is 0 Å². The molecule has 1 rings (SSSR count). The minimum absolute atomic E-state index is 0.444. The van der Waals surface area contributed by atoms with Crippen LogP contribution in [0.25, 0.3) is 0 Å². The van der Waals surface area contributed by atoms with E-state index in [0.717, 1.165) is 18.4 Å². The van der Waals surface area contributed by atoms with E-state index in [-0.39, 0.29) is 0 Å². The van der Waals surface area contributed by atoms with Gasteiger partial charge in [0.2, 0.25) is 0 Å². The van der Waals surface area contributed by atoms with Crippen LogP contribution in [0, 0.1) is 0 Å². The summed E-state index contributed by atoms with van der Waals surface area (Å²) < 4.78 is 5.12. The molecule has 0 bridgehead atoms. The van der Waals surface area contributed by atoms with Crippen LogP contribution in [0.1, 0.15) is 18.9 Å². The smallest absolute Gasteiger partial charge is 0.316 e. The zero-order chi connectivity index (χ0) is 9.52. The van der Waals surface area contributed by atoms with Crippen LogP contribution in [0.4, 0.5) is 0 Å². The SMILES string of the molecule is CCOc1ncc(CCCN)cn1. The summed E-state index contributed by atoms with van der Waals surface area (Å²) in [7, 11) is 0. The molecule has 0 unspecified atom stereocenters. The van der Waals surface area contributed by atoms with Crippen LogP contribution in [-0.4, -0.2) is 23.1 Å². The van der Waals surface area contributed by atoms with Gasteiger partial charge in [0.1, 0.15) is 0 Å². The molecule has 4 heteroatoms. The first kappa shape index (κ1) is 9.92. The summed E-state index contributed by atoms with van der Waals surface area (Å²) in [5.74, 6) is 0. The van der Waals surface area contributed by atoms with Crippen molar-refractivity contribution in [2.45, 2.75) is 19.8 Å². The summed E-state index contributed by atoms with van der Waals surface area (Å²) in [6.07, 6.45) is 5.47. The molecule has 0 aromatic carbocycles. The Kier molecular flexibility index (Phi) is 4.18. The first-order valence-electron chi connectivity index (χ1n) is 4.50. The lowest BCUT2D eigenvalue weighted by Gasteiger charge is -2.01. The van der Waals surface area contributed by atoms with Gasteiger partial charge in [0, 0.05) is 12.4 Å². The van der Waals surface area contributed by atoms with Gasteiger partial charge in [-0.1, -0.05) is 0 Å². The van der Waals surface area contributed by atoms with Gasteiger partial charge in [-0.15, -0.1) is 0 Å². The predicted molar refractivity (Wildman–Crippen MR) is 50.6 cm³/mol. The van der Waals surface area contributed by atoms with Gasteiger partial charge in [-0.3, -0.25) is 0 Å². The maximum atomic E-state index is 5.39. The highest BCUT2D eigenvalue weighted by molar-refractivity contribution is 5.07. The van der Waals surface area contributed by atoms with Crippen molar-refractivity contribution in [3.05, 3.63) is 18.0 Å². The Bertz CT molecular complexity index is 235. The first-order valence-corrected chi connectivity index (χ1v) is 4.50. The standard InChI is InChI=1S/C9H15N3O/c1-2-13-9-11-6-8(7-12-9)4-3-5-10/h6-7H,2-5,10H2,1H3. The number of rotatable bonds is 5. The zero-order valence-corrected chi connectivity index (χ0v) is 7.86. The fraction of sp³-hybridized carbons (Fsp3) is 0.556. The summed E-state index contributed by atoms with van der Waals surface area (Å²) >= 11 is 0. The van der Waals surface area contributed by atoms with Crippen molar-refractivity contribution in [1.82, 2.24) is 9.97 Å². The molecule has 1 aromatic rings. The topological polar surface area (TPSA) is 61.0 Å². The molecule has 0 fully saturated rings. The van der Waals surface area contributed by atoms with Gasteiger partial charge in [-0.25, -0.2) is 9.97 Å². The Morgan fingerprint density at radius 3 is 2.62 bits per heavy atom. The van der Waals surface area contributed by atoms with Crippen LogP contribution in [0.5, 0.6) is 6.01 Å². The van der Waals surface area contributed by atoms with Crippen LogP contribution in [0.2, 0.25) is 0 Å². The molecule has 72 valence electrons. The Morgan fingerprint density at radius 2 is 2.08 bits per heavy atom. The molecular formula is C9H15N3O. The van der Waals surface area contributed by atoms with E-state index < -0.39 is 0 Å². The number of nitrogens with two attached hydrogens (primary N) is 1. The third-order valence-corrected chi connectivity index (χ3v) is 1.62. The Labute approximate surface area is 78.1 Å². The Morgan fingerprint density at radius 1 is 1.38 bits per heavy atom. The van der Waals surface area contributed by atoms with E-state index in [1.54, 1.807) is 12.4 Å². The lowest BCUT2D eigenvalue weighted by Crippen LogP contribution is -2.02. The number of aryl methyl sites for hydroxylation is 1.